The van der Waals surface area contributed by atoms with Crippen molar-refractivity contribution >= 4 is 15.9 Å². The summed E-state index contributed by atoms with van der Waals surface area (Å²) in [4.78, 5) is 13.5. The zero-order valence-corrected chi connectivity index (χ0v) is 14.4. The number of rotatable bonds is 6. The molecule has 0 spiro atoms. The van der Waals surface area contributed by atoms with Crippen LogP contribution in [0.15, 0.2) is 24.3 Å². The highest BCUT2D eigenvalue weighted by atomic mass is 32.2. The maximum absolute atomic E-state index is 12.0. The van der Waals surface area contributed by atoms with Gasteiger partial charge in [-0.15, -0.1) is 0 Å². The van der Waals surface area contributed by atoms with Gasteiger partial charge in [-0.3, -0.25) is 0 Å². The summed E-state index contributed by atoms with van der Waals surface area (Å²) >= 11 is 0. The van der Waals surface area contributed by atoms with Gasteiger partial charge in [0.1, 0.15) is 5.75 Å². The van der Waals surface area contributed by atoms with Crippen LogP contribution < -0.4 is 10.1 Å². The summed E-state index contributed by atoms with van der Waals surface area (Å²) in [5.41, 5.74) is 1.26. The predicted molar refractivity (Wildman–Crippen MR) is 89.3 cm³/mol. The number of hydrogen-bond donors (Lipinski definition) is 1. The van der Waals surface area contributed by atoms with Crippen molar-refractivity contribution in [2.75, 3.05) is 25.3 Å². The first kappa shape index (κ1) is 17.6. The second kappa shape index (κ2) is 7.68. The highest BCUT2D eigenvalue weighted by molar-refractivity contribution is 7.91. The third-order valence-corrected chi connectivity index (χ3v) is 5.75. The molecular formula is C16H24N2O4S. The summed E-state index contributed by atoms with van der Waals surface area (Å²) in [7, 11) is -1.39. The van der Waals surface area contributed by atoms with Gasteiger partial charge in [0.15, 0.2) is 16.6 Å². The first-order chi connectivity index (χ1) is 10.9. The predicted octanol–water partition coefficient (Wildman–Crippen LogP) is 1.80. The standard InChI is InChI=1S/C16H24N2O4S/c1-3-4-13-5-7-15(8-6-13)22-12-17-16(19)18(2)14-9-10-23(20,21)11-14/h5-8,14H,3-4,9-12H2,1-2H3,(H,17,19). The minimum absolute atomic E-state index is 0.0384. The average Bonchev–Trinajstić information content (AvgIpc) is 2.88. The Morgan fingerprint density at radius 3 is 2.61 bits per heavy atom. The lowest BCUT2D eigenvalue weighted by molar-refractivity contribution is 0.182. The van der Waals surface area contributed by atoms with Crippen molar-refractivity contribution < 1.29 is 17.9 Å². The number of ether oxygens (including phenoxy) is 1. The van der Waals surface area contributed by atoms with E-state index in [-0.39, 0.29) is 30.3 Å². The van der Waals surface area contributed by atoms with Crippen molar-refractivity contribution in [2.24, 2.45) is 0 Å². The van der Waals surface area contributed by atoms with Crippen LogP contribution >= 0.6 is 0 Å². The number of carbonyl (C=O) groups is 1. The zero-order valence-electron chi connectivity index (χ0n) is 13.6. The number of nitrogens with zero attached hydrogens (tertiary/aromatic N) is 1. The molecule has 1 aromatic rings. The monoisotopic (exact) mass is 340 g/mol. The molecule has 1 N–H and O–H groups in total. The Hall–Kier alpha value is -1.76. The van der Waals surface area contributed by atoms with Crippen LogP contribution in [0.5, 0.6) is 5.75 Å². The molecule has 1 unspecified atom stereocenters. The molecule has 0 aliphatic carbocycles. The van der Waals surface area contributed by atoms with Crippen molar-refractivity contribution in [2.45, 2.75) is 32.2 Å². The fraction of sp³-hybridized carbons (Fsp3) is 0.562. The third-order valence-electron chi connectivity index (χ3n) is 4.00. The van der Waals surface area contributed by atoms with Gasteiger partial charge in [0.05, 0.1) is 11.5 Å². The van der Waals surface area contributed by atoms with E-state index in [4.69, 9.17) is 4.74 Å². The Kier molecular flexibility index (Phi) is 5.87. The molecule has 0 radical (unpaired) electrons. The van der Waals surface area contributed by atoms with Gasteiger partial charge in [-0.1, -0.05) is 25.5 Å². The fourth-order valence-corrected chi connectivity index (χ4v) is 4.37. The molecule has 1 saturated heterocycles. The van der Waals surface area contributed by atoms with Gasteiger partial charge in [-0.05, 0) is 30.5 Å². The first-order valence-corrected chi connectivity index (χ1v) is 9.66. The summed E-state index contributed by atoms with van der Waals surface area (Å²) in [6.07, 6.45) is 2.62. The van der Waals surface area contributed by atoms with Crippen molar-refractivity contribution in [3.8, 4) is 5.75 Å². The molecule has 1 aromatic carbocycles. The summed E-state index contributed by atoms with van der Waals surface area (Å²) < 4.78 is 28.4. The van der Waals surface area contributed by atoms with Crippen LogP contribution in [0.1, 0.15) is 25.3 Å². The van der Waals surface area contributed by atoms with E-state index in [1.54, 1.807) is 7.05 Å². The molecule has 7 heteroatoms. The van der Waals surface area contributed by atoms with Gasteiger partial charge in [-0.25, -0.2) is 13.2 Å². The van der Waals surface area contributed by atoms with Gasteiger partial charge >= 0.3 is 6.03 Å². The lowest BCUT2D eigenvalue weighted by atomic mass is 10.1. The van der Waals surface area contributed by atoms with E-state index in [1.807, 2.05) is 24.3 Å². The number of nitrogens with one attached hydrogen (secondary N) is 1. The smallest absolute Gasteiger partial charge is 0.320 e. The summed E-state index contributed by atoms with van der Waals surface area (Å²) in [5, 5.41) is 2.64. The van der Waals surface area contributed by atoms with Crippen molar-refractivity contribution in [1.82, 2.24) is 10.2 Å². The summed E-state index contributed by atoms with van der Waals surface area (Å²) in [6, 6.07) is 7.20. The number of amides is 2. The van der Waals surface area contributed by atoms with Gasteiger partial charge < -0.3 is 15.0 Å². The van der Waals surface area contributed by atoms with E-state index >= 15 is 0 Å². The van der Waals surface area contributed by atoms with E-state index in [0.717, 1.165) is 12.8 Å². The normalized spacial score (nSPS) is 19.3. The molecule has 128 valence electrons. The van der Waals surface area contributed by atoms with Crippen LogP contribution in [0.2, 0.25) is 0 Å². The van der Waals surface area contributed by atoms with Crippen LogP contribution in [0.4, 0.5) is 4.79 Å². The molecule has 6 nitrogen and oxygen atoms in total. The van der Waals surface area contributed by atoms with Crippen molar-refractivity contribution in [3.05, 3.63) is 29.8 Å². The minimum Gasteiger partial charge on any atom is -0.473 e. The molecule has 2 amide bonds. The van der Waals surface area contributed by atoms with E-state index < -0.39 is 9.84 Å². The van der Waals surface area contributed by atoms with E-state index in [9.17, 15) is 13.2 Å². The van der Waals surface area contributed by atoms with Gasteiger partial charge in [0.25, 0.3) is 0 Å². The van der Waals surface area contributed by atoms with E-state index in [0.29, 0.717) is 12.2 Å². The minimum atomic E-state index is -3.00. The molecule has 0 bridgehead atoms. The summed E-state index contributed by atoms with van der Waals surface area (Å²) in [5.74, 6) is 0.878. The number of benzene rings is 1. The fourth-order valence-electron chi connectivity index (χ4n) is 2.59. The molecule has 0 aromatic heterocycles. The second-order valence-corrected chi connectivity index (χ2v) is 8.06. The van der Waals surface area contributed by atoms with Gasteiger partial charge in [0, 0.05) is 13.1 Å². The molecule has 1 heterocycles. The Bertz CT molecular complexity index is 628. The number of urea groups is 1. The molecule has 1 fully saturated rings. The van der Waals surface area contributed by atoms with Gasteiger partial charge in [-0.2, -0.15) is 0 Å². The number of aryl methyl sites for hydroxylation is 1. The quantitative estimate of drug-likeness (QED) is 0.801. The number of hydrogen-bond acceptors (Lipinski definition) is 4. The van der Waals surface area contributed by atoms with E-state index in [1.165, 1.54) is 10.5 Å². The molecule has 0 saturated carbocycles. The molecule has 23 heavy (non-hydrogen) atoms. The Morgan fingerprint density at radius 1 is 1.35 bits per heavy atom. The topological polar surface area (TPSA) is 75.7 Å². The van der Waals surface area contributed by atoms with Crippen molar-refractivity contribution in [1.29, 1.82) is 0 Å². The Morgan fingerprint density at radius 2 is 2.04 bits per heavy atom. The average molecular weight is 340 g/mol. The SMILES string of the molecule is CCCc1ccc(OCNC(=O)N(C)C2CCS(=O)(=O)C2)cc1. The first-order valence-electron chi connectivity index (χ1n) is 7.84. The zero-order chi connectivity index (χ0) is 16.9. The number of carbonyl (C=O) groups excluding carboxylic acids is 1. The highest BCUT2D eigenvalue weighted by Gasteiger charge is 2.32. The highest BCUT2D eigenvalue weighted by Crippen LogP contribution is 2.16. The lowest BCUT2D eigenvalue weighted by Gasteiger charge is -2.23. The van der Waals surface area contributed by atoms with Crippen LogP contribution in [0.25, 0.3) is 0 Å². The molecular weight excluding hydrogens is 316 g/mol. The second-order valence-electron chi connectivity index (χ2n) is 5.83. The summed E-state index contributed by atoms with van der Waals surface area (Å²) in [6.45, 7) is 2.18. The Balaban J connectivity index is 1.76. The lowest BCUT2D eigenvalue weighted by Crippen LogP contribution is -2.45. The Labute approximate surface area is 137 Å². The maximum atomic E-state index is 12.0. The van der Waals surface area contributed by atoms with Crippen LogP contribution in [0, 0.1) is 0 Å². The largest absolute Gasteiger partial charge is 0.473 e. The van der Waals surface area contributed by atoms with Crippen molar-refractivity contribution in [3.63, 3.8) is 0 Å². The molecule has 2 rings (SSSR count). The van der Waals surface area contributed by atoms with Crippen LogP contribution in [-0.4, -0.2) is 50.7 Å². The molecule has 1 aliphatic rings. The van der Waals surface area contributed by atoms with Crippen LogP contribution in [-0.2, 0) is 16.3 Å². The molecule has 1 aliphatic heterocycles. The molecule has 1 atom stereocenters. The van der Waals surface area contributed by atoms with Crippen LogP contribution in [0.3, 0.4) is 0 Å². The van der Waals surface area contributed by atoms with Gasteiger partial charge in [0.2, 0.25) is 0 Å². The third kappa shape index (κ3) is 5.13. The van der Waals surface area contributed by atoms with E-state index in [2.05, 4.69) is 12.2 Å². The number of sulfone groups is 1. The maximum Gasteiger partial charge on any atom is 0.320 e.